The second kappa shape index (κ2) is 8.24. The Bertz CT molecular complexity index is 956. The van der Waals surface area contributed by atoms with Gasteiger partial charge in [0, 0.05) is 11.8 Å². The van der Waals surface area contributed by atoms with Crippen LogP contribution in [0.25, 0.3) is 0 Å². The van der Waals surface area contributed by atoms with Gasteiger partial charge in [0.15, 0.2) is 11.6 Å². The summed E-state index contributed by atoms with van der Waals surface area (Å²) >= 11 is 0. The molecule has 0 aromatic carbocycles. The van der Waals surface area contributed by atoms with E-state index in [1.807, 2.05) is 6.92 Å². The van der Waals surface area contributed by atoms with Crippen molar-refractivity contribution in [3.05, 3.63) is 11.6 Å². The van der Waals surface area contributed by atoms with E-state index in [4.69, 9.17) is 0 Å². The van der Waals surface area contributed by atoms with Crippen molar-refractivity contribution in [1.29, 1.82) is 0 Å². The zero-order valence-corrected chi connectivity index (χ0v) is 19.6. The van der Waals surface area contributed by atoms with Crippen molar-refractivity contribution >= 4 is 23.5 Å². The molecule has 0 aromatic rings. The number of fused-ring (bicyclic) bond motifs is 5. The minimum atomic E-state index is -1.75. The van der Waals surface area contributed by atoms with Crippen molar-refractivity contribution < 1.29 is 44.7 Å². The Morgan fingerprint density at radius 1 is 1.18 bits per heavy atom. The molecule has 5 N–H and O–H groups in total. The number of hydrogen-bond donors (Lipinski definition) is 5. The van der Waals surface area contributed by atoms with Gasteiger partial charge in [-0.3, -0.25) is 19.2 Å². The smallest absolute Gasteiger partial charge is 0.307 e. The summed E-state index contributed by atoms with van der Waals surface area (Å²) < 4.78 is 0. The Hall–Kier alpha value is -2.10. The number of hydrogen-bond acceptors (Lipinski definition) is 7. The molecule has 3 saturated carbocycles. The topological polar surface area (TPSA) is 169 Å². The monoisotopic (exact) mass is 478 g/mol. The normalized spacial score (nSPS) is 44.3. The molecule has 9 atom stereocenters. The van der Waals surface area contributed by atoms with E-state index >= 15 is 0 Å². The van der Waals surface area contributed by atoms with E-state index in [1.165, 1.54) is 0 Å². The highest BCUT2D eigenvalue weighted by Gasteiger charge is 2.69. The Labute approximate surface area is 197 Å². The van der Waals surface area contributed by atoms with Gasteiger partial charge in [-0.2, -0.15) is 0 Å². The summed E-state index contributed by atoms with van der Waals surface area (Å²) in [5.74, 6) is -6.22. The summed E-state index contributed by atoms with van der Waals surface area (Å²) in [6, 6.07) is 0. The molecule has 0 spiro atoms. The predicted octanol–water partition coefficient (Wildman–Crippen LogP) is 1.18. The van der Waals surface area contributed by atoms with E-state index in [9.17, 15) is 44.7 Å². The largest absolute Gasteiger partial charge is 0.481 e. The molecule has 0 aromatic heterocycles. The first-order valence-corrected chi connectivity index (χ1v) is 12.0. The number of Topliss-reactive ketones (excluding diaryl/α,β-unsaturated/α-hetero) is 1. The zero-order chi connectivity index (χ0) is 25.2. The van der Waals surface area contributed by atoms with Crippen LogP contribution >= 0.6 is 0 Å². The molecule has 2 unspecified atom stereocenters. The Morgan fingerprint density at radius 3 is 2.44 bits per heavy atom. The minimum absolute atomic E-state index is 0.0985. The molecule has 0 saturated heterocycles. The SMILES string of the molecule is C[C@]12C[C@H](O)[C@H]3[C@@H](CCC4=CC(=O)CC(C(CC(=O)O)C(=O)O)[C@@]43C)[C@@H]1CC[C@]2(O)C(=O)CO. The van der Waals surface area contributed by atoms with Crippen LogP contribution in [0.15, 0.2) is 11.6 Å². The van der Waals surface area contributed by atoms with E-state index in [1.54, 1.807) is 13.0 Å². The van der Waals surface area contributed by atoms with Crippen LogP contribution in [-0.2, 0) is 19.2 Å². The van der Waals surface area contributed by atoms with Gasteiger partial charge < -0.3 is 25.5 Å². The molecular weight excluding hydrogens is 444 g/mol. The van der Waals surface area contributed by atoms with Crippen molar-refractivity contribution in [2.24, 2.45) is 40.4 Å². The number of aliphatic carboxylic acids is 2. The lowest BCUT2D eigenvalue weighted by atomic mass is 9.42. The third-order valence-corrected chi connectivity index (χ3v) is 10.1. The van der Waals surface area contributed by atoms with Crippen molar-refractivity contribution in [3.8, 4) is 0 Å². The van der Waals surface area contributed by atoms with E-state index in [-0.39, 0.29) is 36.9 Å². The molecule has 0 radical (unpaired) electrons. The number of aliphatic hydroxyl groups excluding tert-OH is 2. The van der Waals surface area contributed by atoms with Gasteiger partial charge in [0.25, 0.3) is 0 Å². The molecule has 9 nitrogen and oxygen atoms in total. The minimum Gasteiger partial charge on any atom is -0.481 e. The number of carboxylic acids is 2. The van der Waals surface area contributed by atoms with Crippen molar-refractivity contribution in [2.75, 3.05) is 6.61 Å². The van der Waals surface area contributed by atoms with Gasteiger partial charge in [-0.25, -0.2) is 0 Å². The third kappa shape index (κ3) is 3.31. The quantitative estimate of drug-likeness (QED) is 0.376. The summed E-state index contributed by atoms with van der Waals surface area (Å²) in [6.07, 6.45) is 1.77. The molecule has 4 aliphatic carbocycles. The van der Waals surface area contributed by atoms with Crippen LogP contribution in [0.1, 0.15) is 58.8 Å². The molecule has 0 aliphatic heterocycles. The number of carbonyl (C=O) groups excluding carboxylic acids is 2. The summed E-state index contributed by atoms with van der Waals surface area (Å²) in [6.45, 7) is 2.86. The fraction of sp³-hybridized carbons (Fsp3) is 0.760. The highest BCUT2D eigenvalue weighted by atomic mass is 16.4. The van der Waals surface area contributed by atoms with Crippen LogP contribution in [0.2, 0.25) is 0 Å². The third-order valence-electron chi connectivity index (χ3n) is 10.1. The molecule has 188 valence electrons. The standard InChI is InChI=1S/C25H34O9/c1-23-10-18(28)21-14(16(23)5-6-25(23,34)19(29)11-26)4-3-12-7-13(27)8-17(24(12,21)2)15(22(32)33)9-20(30)31/h7,14-18,21,26,28,34H,3-6,8-11H2,1-2H3,(H,30,31)(H,32,33)/t14-,15?,16-,17?,18-,21+,23-,24+,25-/m0/s1. The summed E-state index contributed by atoms with van der Waals surface area (Å²) in [5.41, 5.74) is -2.84. The van der Waals surface area contributed by atoms with Gasteiger partial charge in [0.1, 0.15) is 12.2 Å². The van der Waals surface area contributed by atoms with Gasteiger partial charge in [-0.15, -0.1) is 0 Å². The average molecular weight is 479 g/mol. The lowest BCUT2D eigenvalue weighted by molar-refractivity contribution is -0.190. The Balaban J connectivity index is 1.80. The summed E-state index contributed by atoms with van der Waals surface area (Å²) in [4.78, 5) is 48.8. The predicted molar refractivity (Wildman–Crippen MR) is 117 cm³/mol. The lowest BCUT2D eigenvalue weighted by Gasteiger charge is -2.62. The Morgan fingerprint density at radius 2 is 1.85 bits per heavy atom. The molecule has 0 bridgehead atoms. The van der Waals surface area contributed by atoms with Gasteiger partial charge >= 0.3 is 11.9 Å². The number of carbonyl (C=O) groups is 4. The molecule has 4 rings (SSSR count). The van der Waals surface area contributed by atoms with Crippen LogP contribution in [0.4, 0.5) is 0 Å². The maximum Gasteiger partial charge on any atom is 0.307 e. The first-order chi connectivity index (χ1) is 15.8. The number of ketones is 2. The highest BCUT2D eigenvalue weighted by Crippen LogP contribution is 2.69. The molecule has 4 aliphatic rings. The maximum absolute atomic E-state index is 12.6. The van der Waals surface area contributed by atoms with Crippen LogP contribution in [0.5, 0.6) is 0 Å². The fourth-order valence-electron chi connectivity index (χ4n) is 8.54. The van der Waals surface area contributed by atoms with Gasteiger partial charge in [-0.05, 0) is 67.3 Å². The number of allylic oxidation sites excluding steroid dienone is 1. The summed E-state index contributed by atoms with van der Waals surface area (Å²) in [7, 11) is 0. The van der Waals surface area contributed by atoms with Gasteiger partial charge in [-0.1, -0.05) is 19.4 Å². The molecular formula is C25H34O9. The average Bonchev–Trinajstić information content (AvgIpc) is 3.02. The number of rotatable bonds is 6. The summed E-state index contributed by atoms with van der Waals surface area (Å²) in [5, 5.41) is 51.7. The molecule has 9 heteroatoms. The van der Waals surface area contributed by atoms with E-state index < -0.39 is 71.0 Å². The second-order valence-corrected chi connectivity index (χ2v) is 11.3. The van der Waals surface area contributed by atoms with Crippen LogP contribution in [0, 0.1) is 40.4 Å². The number of aliphatic hydroxyl groups is 3. The van der Waals surface area contributed by atoms with Gasteiger partial charge in [0.2, 0.25) is 0 Å². The van der Waals surface area contributed by atoms with E-state index in [0.29, 0.717) is 19.3 Å². The molecule has 34 heavy (non-hydrogen) atoms. The molecule has 0 heterocycles. The Kier molecular flexibility index (Phi) is 6.06. The first kappa shape index (κ1) is 25.0. The van der Waals surface area contributed by atoms with E-state index in [2.05, 4.69) is 0 Å². The van der Waals surface area contributed by atoms with E-state index in [0.717, 1.165) is 5.57 Å². The maximum atomic E-state index is 12.6. The highest BCUT2D eigenvalue weighted by molar-refractivity contribution is 5.93. The lowest BCUT2D eigenvalue weighted by Crippen LogP contribution is -2.63. The molecule has 3 fully saturated rings. The fourth-order valence-corrected chi connectivity index (χ4v) is 8.54. The van der Waals surface area contributed by atoms with Gasteiger partial charge in [0.05, 0.1) is 18.4 Å². The van der Waals surface area contributed by atoms with Crippen molar-refractivity contribution in [1.82, 2.24) is 0 Å². The van der Waals surface area contributed by atoms with Crippen LogP contribution < -0.4 is 0 Å². The van der Waals surface area contributed by atoms with Crippen LogP contribution in [0.3, 0.4) is 0 Å². The number of carboxylic acid groups (broad SMARTS) is 2. The zero-order valence-electron chi connectivity index (χ0n) is 19.6. The molecule has 0 amide bonds. The van der Waals surface area contributed by atoms with Crippen LogP contribution in [-0.4, -0.2) is 67.3 Å². The first-order valence-electron chi connectivity index (χ1n) is 12.0. The van der Waals surface area contributed by atoms with Crippen molar-refractivity contribution in [2.45, 2.75) is 70.5 Å². The van der Waals surface area contributed by atoms with Crippen molar-refractivity contribution in [3.63, 3.8) is 0 Å². The second-order valence-electron chi connectivity index (χ2n) is 11.3.